The number of hydrogen-bond acceptors (Lipinski definition) is 7. The van der Waals surface area contributed by atoms with Gasteiger partial charge in [-0.05, 0) is 50.5 Å². The molecule has 30 heavy (non-hydrogen) atoms. The van der Waals surface area contributed by atoms with E-state index >= 15 is 0 Å². The topological polar surface area (TPSA) is 92.3 Å². The second kappa shape index (κ2) is 8.62. The molecule has 1 aliphatic rings. The summed E-state index contributed by atoms with van der Waals surface area (Å²) in [6, 6.07) is 6.43. The van der Waals surface area contributed by atoms with Gasteiger partial charge in [0, 0.05) is 29.0 Å². The van der Waals surface area contributed by atoms with Gasteiger partial charge in [-0.1, -0.05) is 17.8 Å². The van der Waals surface area contributed by atoms with Crippen LogP contribution < -0.4 is 5.32 Å². The van der Waals surface area contributed by atoms with Crippen molar-refractivity contribution in [3.05, 3.63) is 41.0 Å². The van der Waals surface area contributed by atoms with Crippen LogP contribution in [0, 0.1) is 13.8 Å². The van der Waals surface area contributed by atoms with Crippen molar-refractivity contribution < 1.29 is 13.2 Å². The summed E-state index contributed by atoms with van der Waals surface area (Å²) in [5.74, 6) is -0.0455. The number of amides is 1. The van der Waals surface area contributed by atoms with Gasteiger partial charge in [0.1, 0.15) is 16.2 Å². The molecule has 7 nitrogen and oxygen atoms in total. The van der Waals surface area contributed by atoms with E-state index in [1.165, 1.54) is 33.3 Å². The maximum absolute atomic E-state index is 12.7. The molecule has 1 amide bonds. The number of sulfonamides is 1. The minimum atomic E-state index is -3.52. The van der Waals surface area contributed by atoms with E-state index in [0.717, 1.165) is 33.6 Å². The van der Waals surface area contributed by atoms with Crippen LogP contribution in [0.5, 0.6) is 0 Å². The molecule has 0 aliphatic carbocycles. The first kappa shape index (κ1) is 21.2. The number of thiophene rings is 1. The van der Waals surface area contributed by atoms with Crippen molar-refractivity contribution in [3.8, 4) is 0 Å². The van der Waals surface area contributed by atoms with Crippen LogP contribution in [0.2, 0.25) is 0 Å². The van der Waals surface area contributed by atoms with Gasteiger partial charge < -0.3 is 5.32 Å². The summed E-state index contributed by atoms with van der Waals surface area (Å²) in [5.41, 5.74) is 1.61. The second-order valence-corrected chi connectivity index (χ2v) is 11.2. The molecule has 1 aromatic carbocycles. The fourth-order valence-electron chi connectivity index (χ4n) is 3.40. The third kappa shape index (κ3) is 4.22. The van der Waals surface area contributed by atoms with E-state index < -0.39 is 10.0 Å². The molecule has 0 atom stereocenters. The minimum absolute atomic E-state index is 0.170. The Hall–Kier alpha value is -2.01. The van der Waals surface area contributed by atoms with Crippen LogP contribution in [0.15, 0.2) is 40.5 Å². The highest BCUT2D eigenvalue weighted by Gasteiger charge is 2.27. The SMILES string of the molecule is Cc1sc2ncnc(SCC(=O)Nc3cccc(S(=O)(=O)N4CCCC4)c3)c2c1C. The lowest BCUT2D eigenvalue weighted by molar-refractivity contribution is -0.113. The predicted octanol–water partition coefficient (Wildman–Crippen LogP) is 3.82. The van der Waals surface area contributed by atoms with E-state index in [-0.39, 0.29) is 16.6 Å². The van der Waals surface area contributed by atoms with Gasteiger partial charge in [0.15, 0.2) is 0 Å². The molecule has 10 heteroatoms. The van der Waals surface area contributed by atoms with Gasteiger partial charge in [-0.3, -0.25) is 4.79 Å². The molecular formula is C20H22N4O3S3. The summed E-state index contributed by atoms with van der Waals surface area (Å²) in [4.78, 5) is 23.5. The quantitative estimate of drug-likeness (QED) is 0.442. The molecule has 1 N–H and O–H groups in total. The number of anilines is 1. The molecule has 0 spiro atoms. The van der Waals surface area contributed by atoms with Crippen molar-refractivity contribution in [1.29, 1.82) is 0 Å². The molecule has 2 aromatic heterocycles. The van der Waals surface area contributed by atoms with Crippen molar-refractivity contribution in [1.82, 2.24) is 14.3 Å². The number of aryl methyl sites for hydroxylation is 2. The Labute approximate surface area is 184 Å². The van der Waals surface area contributed by atoms with Crippen molar-refractivity contribution in [3.63, 3.8) is 0 Å². The zero-order chi connectivity index (χ0) is 21.3. The number of benzene rings is 1. The van der Waals surface area contributed by atoms with E-state index in [9.17, 15) is 13.2 Å². The summed E-state index contributed by atoms with van der Waals surface area (Å²) >= 11 is 2.97. The molecule has 1 aliphatic heterocycles. The smallest absolute Gasteiger partial charge is 0.243 e. The molecule has 0 bridgehead atoms. The zero-order valence-electron chi connectivity index (χ0n) is 16.7. The molecule has 1 saturated heterocycles. The number of nitrogens with zero attached hydrogens (tertiary/aromatic N) is 3. The lowest BCUT2D eigenvalue weighted by Crippen LogP contribution is -2.28. The third-order valence-corrected chi connectivity index (χ3v) is 9.09. The van der Waals surface area contributed by atoms with E-state index in [4.69, 9.17) is 0 Å². The van der Waals surface area contributed by atoms with E-state index in [1.54, 1.807) is 29.5 Å². The van der Waals surface area contributed by atoms with Crippen LogP contribution in [-0.2, 0) is 14.8 Å². The Balaban J connectivity index is 1.45. The first-order chi connectivity index (χ1) is 14.4. The average Bonchev–Trinajstić information content (AvgIpc) is 3.36. The molecule has 158 valence electrons. The van der Waals surface area contributed by atoms with Gasteiger partial charge in [0.2, 0.25) is 15.9 Å². The van der Waals surface area contributed by atoms with Crippen molar-refractivity contribution in [2.24, 2.45) is 0 Å². The van der Waals surface area contributed by atoms with Crippen LogP contribution in [-0.4, -0.2) is 47.4 Å². The summed E-state index contributed by atoms with van der Waals surface area (Å²) in [6.45, 7) is 5.18. The number of fused-ring (bicyclic) bond motifs is 1. The standard InChI is InChI=1S/C20H22N4O3S3/c1-13-14(2)29-20-18(13)19(21-12-22-20)28-11-17(25)23-15-6-5-7-16(10-15)30(26,27)24-8-3-4-9-24/h5-7,10,12H,3-4,8-9,11H2,1-2H3,(H,23,25). The zero-order valence-corrected chi connectivity index (χ0v) is 19.2. The molecule has 3 aromatic rings. The van der Waals surface area contributed by atoms with E-state index in [2.05, 4.69) is 15.3 Å². The Morgan fingerprint density at radius 1 is 1.23 bits per heavy atom. The maximum atomic E-state index is 12.7. The lowest BCUT2D eigenvalue weighted by atomic mass is 10.2. The summed E-state index contributed by atoms with van der Waals surface area (Å²) in [7, 11) is -3.52. The Morgan fingerprint density at radius 2 is 2.00 bits per heavy atom. The van der Waals surface area contributed by atoms with Gasteiger partial charge >= 0.3 is 0 Å². The van der Waals surface area contributed by atoms with Crippen LogP contribution in [0.4, 0.5) is 5.69 Å². The normalized spacial score (nSPS) is 15.0. The van der Waals surface area contributed by atoms with Gasteiger partial charge in [-0.2, -0.15) is 4.31 Å². The first-order valence-electron chi connectivity index (χ1n) is 9.60. The number of nitrogens with one attached hydrogen (secondary N) is 1. The largest absolute Gasteiger partial charge is 0.325 e. The number of aromatic nitrogens is 2. The first-order valence-corrected chi connectivity index (χ1v) is 12.8. The maximum Gasteiger partial charge on any atom is 0.243 e. The highest BCUT2D eigenvalue weighted by Crippen LogP contribution is 2.34. The molecule has 0 unspecified atom stereocenters. The fraction of sp³-hybridized carbons (Fsp3) is 0.350. The number of carbonyl (C=O) groups is 1. The number of carbonyl (C=O) groups excluding carboxylic acids is 1. The van der Waals surface area contributed by atoms with Crippen LogP contribution in [0.25, 0.3) is 10.2 Å². The molecule has 4 rings (SSSR count). The Morgan fingerprint density at radius 3 is 2.77 bits per heavy atom. The third-order valence-electron chi connectivity index (χ3n) is 5.09. The Bertz CT molecular complexity index is 1200. The van der Waals surface area contributed by atoms with Gasteiger partial charge in [0.25, 0.3) is 0 Å². The summed E-state index contributed by atoms with van der Waals surface area (Å²) in [5, 5.41) is 4.58. The second-order valence-electron chi connectivity index (χ2n) is 7.12. The highest BCUT2D eigenvalue weighted by molar-refractivity contribution is 8.00. The van der Waals surface area contributed by atoms with Crippen LogP contribution >= 0.6 is 23.1 Å². The van der Waals surface area contributed by atoms with Crippen molar-refractivity contribution in [2.45, 2.75) is 36.6 Å². The number of thioether (sulfide) groups is 1. The molecule has 3 heterocycles. The highest BCUT2D eigenvalue weighted by atomic mass is 32.2. The van der Waals surface area contributed by atoms with E-state index in [0.29, 0.717) is 18.8 Å². The van der Waals surface area contributed by atoms with Crippen LogP contribution in [0.1, 0.15) is 23.3 Å². The molecule has 0 radical (unpaired) electrons. The Kier molecular flexibility index (Phi) is 6.10. The minimum Gasteiger partial charge on any atom is -0.325 e. The van der Waals surface area contributed by atoms with Gasteiger partial charge in [0.05, 0.1) is 10.6 Å². The van der Waals surface area contributed by atoms with Crippen LogP contribution in [0.3, 0.4) is 0 Å². The molecular weight excluding hydrogens is 440 g/mol. The molecule has 0 saturated carbocycles. The summed E-state index contributed by atoms with van der Waals surface area (Å²) < 4.78 is 27.0. The summed E-state index contributed by atoms with van der Waals surface area (Å²) in [6.07, 6.45) is 3.28. The molecule has 1 fully saturated rings. The average molecular weight is 463 g/mol. The van der Waals surface area contributed by atoms with Gasteiger partial charge in [-0.15, -0.1) is 11.3 Å². The van der Waals surface area contributed by atoms with Crippen molar-refractivity contribution in [2.75, 3.05) is 24.2 Å². The van der Waals surface area contributed by atoms with E-state index in [1.807, 2.05) is 13.8 Å². The predicted molar refractivity (Wildman–Crippen MR) is 121 cm³/mol. The van der Waals surface area contributed by atoms with Crippen molar-refractivity contribution >= 4 is 54.9 Å². The lowest BCUT2D eigenvalue weighted by Gasteiger charge is -2.16. The monoisotopic (exact) mass is 462 g/mol. The fourth-order valence-corrected chi connectivity index (χ4v) is 6.88. The number of rotatable bonds is 6. The van der Waals surface area contributed by atoms with Gasteiger partial charge in [-0.25, -0.2) is 18.4 Å². The number of hydrogen-bond donors (Lipinski definition) is 1.